The van der Waals surface area contributed by atoms with Crippen molar-refractivity contribution in [1.29, 1.82) is 5.41 Å². The fourth-order valence-electron chi connectivity index (χ4n) is 1.44. The first-order valence-electron chi connectivity index (χ1n) is 5.54. The molecule has 0 radical (unpaired) electrons. The minimum Gasteiger partial charge on any atom is -0.387 e. The van der Waals surface area contributed by atoms with Crippen molar-refractivity contribution in [2.45, 2.75) is 47.0 Å². The number of amidine groups is 1. The maximum absolute atomic E-state index is 7.32. The Labute approximate surface area is 93.8 Å². The van der Waals surface area contributed by atoms with Crippen molar-refractivity contribution >= 4 is 5.84 Å². The predicted octanol–water partition coefficient (Wildman–Crippen LogP) is 3.64. The Bertz CT molecular complexity index is 274. The fraction of sp³-hybridized carbons (Fsp3) is 0.615. The Hall–Kier alpha value is -1.05. The second-order valence-electron chi connectivity index (χ2n) is 4.40. The van der Waals surface area contributed by atoms with Gasteiger partial charge in [-0.05, 0) is 33.1 Å². The van der Waals surface area contributed by atoms with E-state index in [1.165, 1.54) is 16.7 Å². The van der Waals surface area contributed by atoms with Gasteiger partial charge < -0.3 is 5.73 Å². The van der Waals surface area contributed by atoms with Crippen LogP contribution in [0.15, 0.2) is 23.3 Å². The highest BCUT2D eigenvalue weighted by Crippen LogP contribution is 2.20. The number of hydrogen-bond acceptors (Lipinski definition) is 1. The van der Waals surface area contributed by atoms with Gasteiger partial charge in [-0.25, -0.2) is 0 Å². The molecule has 0 amide bonds. The van der Waals surface area contributed by atoms with Gasteiger partial charge in [0.05, 0.1) is 5.84 Å². The molecule has 0 aliphatic rings. The first-order valence-corrected chi connectivity index (χ1v) is 5.54. The van der Waals surface area contributed by atoms with Gasteiger partial charge in [-0.15, -0.1) is 0 Å². The molecule has 3 N–H and O–H groups in total. The number of allylic oxidation sites excluding steroid dienone is 3. The Kier molecular flexibility index (Phi) is 5.99. The second-order valence-corrected chi connectivity index (χ2v) is 4.40. The summed E-state index contributed by atoms with van der Waals surface area (Å²) < 4.78 is 0. The zero-order valence-corrected chi connectivity index (χ0v) is 10.5. The van der Waals surface area contributed by atoms with Crippen LogP contribution in [0.4, 0.5) is 0 Å². The molecule has 15 heavy (non-hydrogen) atoms. The molecule has 0 aromatic heterocycles. The van der Waals surface area contributed by atoms with E-state index in [0.717, 1.165) is 19.3 Å². The number of hydrogen-bond donors (Lipinski definition) is 2. The molecule has 0 bridgehead atoms. The summed E-state index contributed by atoms with van der Waals surface area (Å²) in [4.78, 5) is 0. The minimum absolute atomic E-state index is 0.118. The maximum atomic E-state index is 7.32. The van der Waals surface area contributed by atoms with Crippen LogP contribution < -0.4 is 5.73 Å². The van der Waals surface area contributed by atoms with E-state index in [1.54, 1.807) is 0 Å². The van der Waals surface area contributed by atoms with Gasteiger partial charge in [-0.1, -0.05) is 37.1 Å². The quantitative estimate of drug-likeness (QED) is 0.391. The molecule has 0 aromatic rings. The number of rotatable bonds is 6. The van der Waals surface area contributed by atoms with Crippen molar-refractivity contribution in [3.63, 3.8) is 0 Å². The summed E-state index contributed by atoms with van der Waals surface area (Å²) in [5.41, 5.74) is 9.44. The van der Waals surface area contributed by atoms with Gasteiger partial charge >= 0.3 is 0 Å². The fourth-order valence-corrected chi connectivity index (χ4v) is 1.44. The first kappa shape index (κ1) is 13.9. The van der Waals surface area contributed by atoms with E-state index in [1.807, 2.05) is 6.92 Å². The molecule has 0 fully saturated rings. The average Bonchev–Trinajstić information content (AvgIpc) is 2.15. The lowest BCUT2D eigenvalue weighted by Gasteiger charge is -2.13. The van der Waals surface area contributed by atoms with Crippen LogP contribution in [0.3, 0.4) is 0 Å². The molecule has 86 valence electrons. The molecule has 0 saturated carbocycles. The van der Waals surface area contributed by atoms with Crippen molar-refractivity contribution in [3.8, 4) is 0 Å². The monoisotopic (exact) mass is 208 g/mol. The lowest BCUT2D eigenvalue weighted by Crippen LogP contribution is -2.19. The molecule has 0 spiro atoms. The van der Waals surface area contributed by atoms with Gasteiger partial charge in [0.1, 0.15) is 0 Å². The SMILES string of the molecule is C=C(C/C(C)=C(/C)CC)CC(C)C(=N)N. The number of nitrogens with two attached hydrogens (primary N) is 1. The Morgan fingerprint density at radius 2 is 1.87 bits per heavy atom. The van der Waals surface area contributed by atoms with E-state index in [9.17, 15) is 0 Å². The van der Waals surface area contributed by atoms with Gasteiger partial charge in [-0.3, -0.25) is 5.41 Å². The van der Waals surface area contributed by atoms with E-state index < -0.39 is 0 Å². The average molecular weight is 208 g/mol. The molecule has 0 aromatic carbocycles. The smallest absolute Gasteiger partial charge is 0.0937 e. The van der Waals surface area contributed by atoms with Crippen molar-refractivity contribution in [2.24, 2.45) is 11.7 Å². The van der Waals surface area contributed by atoms with Crippen molar-refractivity contribution < 1.29 is 0 Å². The molecule has 1 atom stereocenters. The Morgan fingerprint density at radius 3 is 2.27 bits per heavy atom. The van der Waals surface area contributed by atoms with Gasteiger partial charge in [0.15, 0.2) is 0 Å². The second kappa shape index (κ2) is 6.44. The Morgan fingerprint density at radius 1 is 1.33 bits per heavy atom. The molecule has 1 unspecified atom stereocenters. The molecule has 0 heterocycles. The highest BCUT2D eigenvalue weighted by molar-refractivity contribution is 5.79. The standard InChI is InChI=1S/C13H24N2/c1-6-10(3)11(4)7-9(2)8-12(5)13(14)15/h12H,2,6-8H2,1,3-5H3,(H3,14,15)/b11-10-. The first-order chi connectivity index (χ1) is 6.88. The van der Waals surface area contributed by atoms with Gasteiger partial charge in [0, 0.05) is 5.92 Å². The van der Waals surface area contributed by atoms with E-state index in [-0.39, 0.29) is 11.8 Å². The molecule has 2 heteroatoms. The van der Waals surface area contributed by atoms with E-state index in [4.69, 9.17) is 11.1 Å². The molecular weight excluding hydrogens is 184 g/mol. The molecule has 0 aliphatic heterocycles. The summed E-state index contributed by atoms with van der Waals surface area (Å²) in [6.07, 6.45) is 2.86. The van der Waals surface area contributed by atoms with Crippen LogP contribution in [0.1, 0.15) is 47.0 Å². The topological polar surface area (TPSA) is 49.9 Å². The van der Waals surface area contributed by atoms with Crippen LogP contribution in [0.2, 0.25) is 0 Å². The highest BCUT2D eigenvalue weighted by atomic mass is 14.7. The lowest BCUT2D eigenvalue weighted by atomic mass is 9.94. The number of nitrogens with one attached hydrogen (secondary N) is 1. The molecule has 0 rings (SSSR count). The normalized spacial score (nSPS) is 14.4. The van der Waals surface area contributed by atoms with Gasteiger partial charge in [0.25, 0.3) is 0 Å². The summed E-state index contributed by atoms with van der Waals surface area (Å²) >= 11 is 0. The van der Waals surface area contributed by atoms with Crippen LogP contribution in [-0.2, 0) is 0 Å². The summed E-state index contributed by atoms with van der Waals surface area (Å²) in [6.45, 7) is 12.5. The van der Waals surface area contributed by atoms with Crippen molar-refractivity contribution in [1.82, 2.24) is 0 Å². The van der Waals surface area contributed by atoms with Gasteiger partial charge in [0.2, 0.25) is 0 Å². The summed E-state index contributed by atoms with van der Waals surface area (Å²) in [7, 11) is 0. The zero-order valence-electron chi connectivity index (χ0n) is 10.5. The van der Waals surface area contributed by atoms with E-state index >= 15 is 0 Å². The summed E-state index contributed by atoms with van der Waals surface area (Å²) in [6, 6.07) is 0. The molecule has 2 nitrogen and oxygen atoms in total. The van der Waals surface area contributed by atoms with Crippen LogP contribution in [0.25, 0.3) is 0 Å². The van der Waals surface area contributed by atoms with Crippen LogP contribution in [0, 0.1) is 11.3 Å². The molecular formula is C13H24N2. The van der Waals surface area contributed by atoms with Crippen LogP contribution >= 0.6 is 0 Å². The Balaban J connectivity index is 4.22. The minimum atomic E-state index is 0.118. The highest BCUT2D eigenvalue weighted by Gasteiger charge is 2.08. The van der Waals surface area contributed by atoms with Crippen molar-refractivity contribution in [3.05, 3.63) is 23.3 Å². The van der Waals surface area contributed by atoms with E-state index in [2.05, 4.69) is 27.4 Å². The largest absolute Gasteiger partial charge is 0.387 e. The third-order valence-electron chi connectivity index (χ3n) is 2.90. The molecule has 0 saturated heterocycles. The zero-order chi connectivity index (χ0) is 12.0. The van der Waals surface area contributed by atoms with Crippen LogP contribution in [-0.4, -0.2) is 5.84 Å². The maximum Gasteiger partial charge on any atom is 0.0937 e. The van der Waals surface area contributed by atoms with Crippen LogP contribution in [0.5, 0.6) is 0 Å². The predicted molar refractivity (Wildman–Crippen MR) is 68.1 cm³/mol. The molecule has 0 aliphatic carbocycles. The third kappa shape index (κ3) is 5.40. The lowest BCUT2D eigenvalue weighted by molar-refractivity contribution is 0.730. The third-order valence-corrected chi connectivity index (χ3v) is 2.90. The van der Waals surface area contributed by atoms with Gasteiger partial charge in [-0.2, -0.15) is 0 Å². The summed E-state index contributed by atoms with van der Waals surface area (Å²) in [5, 5.41) is 7.32. The summed E-state index contributed by atoms with van der Waals surface area (Å²) in [5.74, 6) is 0.372. The van der Waals surface area contributed by atoms with Crippen molar-refractivity contribution in [2.75, 3.05) is 0 Å². The van der Waals surface area contributed by atoms with E-state index in [0.29, 0.717) is 0 Å².